The molecule has 0 amide bonds. The molecule has 3 nitrogen and oxygen atoms in total. The summed E-state index contributed by atoms with van der Waals surface area (Å²) in [5.74, 6) is 1.05. The van der Waals surface area contributed by atoms with Crippen LogP contribution in [0.4, 0.5) is 5.69 Å². The lowest BCUT2D eigenvalue weighted by Crippen LogP contribution is -2.24. The Morgan fingerprint density at radius 1 is 1.10 bits per heavy atom. The number of nitrogens with zero attached hydrogens (tertiary/aromatic N) is 1. The molecule has 0 radical (unpaired) electrons. The Hall–Kier alpha value is -1.74. The van der Waals surface area contributed by atoms with Crippen molar-refractivity contribution in [2.24, 2.45) is 0 Å². The molecule has 3 heteroatoms. The van der Waals surface area contributed by atoms with E-state index in [1.54, 1.807) is 6.26 Å². The number of unbranched alkanes of at least 4 members (excludes halogenated alkanes) is 1. The minimum absolute atomic E-state index is 0.801. The zero-order chi connectivity index (χ0) is 14.9. The Bertz CT molecular complexity index is 507. The van der Waals surface area contributed by atoms with Gasteiger partial charge in [-0.1, -0.05) is 38.5 Å². The summed E-state index contributed by atoms with van der Waals surface area (Å²) in [4.78, 5) is 2.43. The standard InChI is InChI=1S/C18H26N2O/c1-3-5-12-20(17-9-7-6-8-10-17)15-16-11-13-21-18(16)14-19-4-2/h6-11,13,19H,3-5,12,14-15H2,1-2H3. The highest BCUT2D eigenvalue weighted by atomic mass is 16.3. The minimum atomic E-state index is 0.801. The van der Waals surface area contributed by atoms with Crippen LogP contribution < -0.4 is 10.2 Å². The van der Waals surface area contributed by atoms with Crippen molar-refractivity contribution >= 4 is 5.69 Å². The van der Waals surface area contributed by atoms with E-state index in [9.17, 15) is 0 Å². The fraction of sp³-hybridized carbons (Fsp3) is 0.444. The van der Waals surface area contributed by atoms with Gasteiger partial charge in [0.2, 0.25) is 0 Å². The zero-order valence-electron chi connectivity index (χ0n) is 13.1. The summed E-state index contributed by atoms with van der Waals surface area (Å²) in [6.07, 6.45) is 4.21. The van der Waals surface area contributed by atoms with E-state index in [2.05, 4.69) is 60.5 Å². The molecule has 0 aliphatic heterocycles. The number of benzene rings is 1. The zero-order valence-corrected chi connectivity index (χ0v) is 13.1. The van der Waals surface area contributed by atoms with Crippen LogP contribution in [0.25, 0.3) is 0 Å². The van der Waals surface area contributed by atoms with Crippen LogP contribution in [-0.4, -0.2) is 13.1 Å². The smallest absolute Gasteiger partial charge is 0.122 e. The number of para-hydroxylation sites is 1. The lowest BCUT2D eigenvalue weighted by atomic mass is 10.2. The number of hydrogen-bond acceptors (Lipinski definition) is 3. The largest absolute Gasteiger partial charge is 0.468 e. The fourth-order valence-corrected chi connectivity index (χ4v) is 2.39. The SMILES string of the molecule is CCCCN(Cc1ccoc1CNCC)c1ccccc1. The van der Waals surface area contributed by atoms with Gasteiger partial charge < -0.3 is 14.6 Å². The molecule has 1 heterocycles. The van der Waals surface area contributed by atoms with Gasteiger partial charge >= 0.3 is 0 Å². The van der Waals surface area contributed by atoms with Gasteiger partial charge in [0.15, 0.2) is 0 Å². The van der Waals surface area contributed by atoms with Gasteiger partial charge in [-0.3, -0.25) is 0 Å². The Balaban J connectivity index is 2.10. The monoisotopic (exact) mass is 286 g/mol. The molecule has 2 aromatic rings. The normalized spacial score (nSPS) is 10.8. The predicted octanol–water partition coefficient (Wildman–Crippen LogP) is 4.20. The molecule has 0 fully saturated rings. The van der Waals surface area contributed by atoms with E-state index in [4.69, 9.17) is 4.42 Å². The van der Waals surface area contributed by atoms with Crippen molar-refractivity contribution in [2.45, 2.75) is 39.8 Å². The van der Waals surface area contributed by atoms with Crippen LogP contribution in [0.5, 0.6) is 0 Å². The Kier molecular flexibility index (Phi) is 6.35. The van der Waals surface area contributed by atoms with Gasteiger partial charge in [-0.15, -0.1) is 0 Å². The third-order valence-corrected chi connectivity index (χ3v) is 3.64. The molecule has 0 unspecified atom stereocenters. The highest BCUT2D eigenvalue weighted by Gasteiger charge is 2.11. The third kappa shape index (κ3) is 4.64. The quantitative estimate of drug-likeness (QED) is 0.749. The third-order valence-electron chi connectivity index (χ3n) is 3.64. The molecule has 2 rings (SSSR count). The van der Waals surface area contributed by atoms with Crippen molar-refractivity contribution in [1.29, 1.82) is 0 Å². The molecule has 0 aliphatic rings. The predicted molar refractivity (Wildman–Crippen MR) is 88.5 cm³/mol. The lowest BCUT2D eigenvalue weighted by Gasteiger charge is -2.24. The average molecular weight is 286 g/mol. The van der Waals surface area contributed by atoms with Crippen LogP contribution in [0.3, 0.4) is 0 Å². The van der Waals surface area contributed by atoms with Crippen LogP contribution in [-0.2, 0) is 13.1 Å². The van der Waals surface area contributed by atoms with Crippen LogP contribution in [0.15, 0.2) is 47.1 Å². The summed E-state index contributed by atoms with van der Waals surface area (Å²) in [5, 5.41) is 3.33. The van der Waals surface area contributed by atoms with E-state index < -0.39 is 0 Å². The molecule has 114 valence electrons. The molecule has 0 aliphatic carbocycles. The molecule has 1 N–H and O–H groups in total. The van der Waals surface area contributed by atoms with Crippen LogP contribution in [0.1, 0.15) is 38.0 Å². The molecule has 0 saturated heterocycles. The fourth-order valence-electron chi connectivity index (χ4n) is 2.39. The maximum atomic E-state index is 5.62. The van der Waals surface area contributed by atoms with Crippen molar-refractivity contribution < 1.29 is 4.42 Å². The van der Waals surface area contributed by atoms with Crippen molar-refractivity contribution in [2.75, 3.05) is 18.0 Å². The Labute approximate surface area is 128 Å². The van der Waals surface area contributed by atoms with Gasteiger partial charge in [-0.25, -0.2) is 0 Å². The topological polar surface area (TPSA) is 28.4 Å². The van der Waals surface area contributed by atoms with E-state index in [0.29, 0.717) is 0 Å². The highest BCUT2D eigenvalue weighted by molar-refractivity contribution is 5.46. The first-order valence-corrected chi connectivity index (χ1v) is 7.91. The number of hydrogen-bond donors (Lipinski definition) is 1. The van der Waals surface area contributed by atoms with E-state index in [1.807, 2.05) is 0 Å². The van der Waals surface area contributed by atoms with Crippen molar-refractivity contribution in [3.05, 3.63) is 54.0 Å². The van der Waals surface area contributed by atoms with Crippen molar-refractivity contribution in [3.8, 4) is 0 Å². The summed E-state index contributed by atoms with van der Waals surface area (Å²) in [6.45, 7) is 8.08. The Morgan fingerprint density at radius 2 is 1.90 bits per heavy atom. The van der Waals surface area contributed by atoms with Gasteiger partial charge in [0.05, 0.1) is 12.8 Å². The maximum absolute atomic E-state index is 5.62. The minimum Gasteiger partial charge on any atom is -0.468 e. The molecule has 0 bridgehead atoms. The molecule has 0 atom stereocenters. The first kappa shape index (κ1) is 15.6. The van der Waals surface area contributed by atoms with Crippen LogP contribution >= 0.6 is 0 Å². The van der Waals surface area contributed by atoms with Gasteiger partial charge in [0, 0.05) is 24.3 Å². The molecular weight excluding hydrogens is 260 g/mol. The number of anilines is 1. The molecule has 21 heavy (non-hydrogen) atoms. The number of rotatable bonds is 9. The summed E-state index contributed by atoms with van der Waals surface area (Å²) < 4.78 is 5.62. The molecule has 1 aromatic heterocycles. The van der Waals surface area contributed by atoms with E-state index in [0.717, 1.165) is 31.9 Å². The van der Waals surface area contributed by atoms with Gasteiger partial charge in [-0.05, 0) is 31.2 Å². The van der Waals surface area contributed by atoms with E-state index in [1.165, 1.54) is 24.1 Å². The van der Waals surface area contributed by atoms with Crippen molar-refractivity contribution in [3.63, 3.8) is 0 Å². The molecule has 0 spiro atoms. The van der Waals surface area contributed by atoms with Gasteiger partial charge in [-0.2, -0.15) is 0 Å². The van der Waals surface area contributed by atoms with Crippen molar-refractivity contribution in [1.82, 2.24) is 5.32 Å². The van der Waals surface area contributed by atoms with Crippen LogP contribution in [0.2, 0.25) is 0 Å². The summed E-state index contributed by atoms with van der Waals surface area (Å²) in [7, 11) is 0. The number of nitrogens with one attached hydrogen (secondary N) is 1. The second kappa shape index (κ2) is 8.53. The average Bonchev–Trinajstić information content (AvgIpc) is 2.97. The van der Waals surface area contributed by atoms with E-state index >= 15 is 0 Å². The molecule has 0 saturated carbocycles. The van der Waals surface area contributed by atoms with Crippen LogP contribution in [0, 0.1) is 0 Å². The van der Waals surface area contributed by atoms with E-state index in [-0.39, 0.29) is 0 Å². The lowest BCUT2D eigenvalue weighted by molar-refractivity contribution is 0.482. The Morgan fingerprint density at radius 3 is 2.62 bits per heavy atom. The summed E-state index contributed by atoms with van der Waals surface area (Å²) in [5.41, 5.74) is 2.55. The maximum Gasteiger partial charge on any atom is 0.122 e. The van der Waals surface area contributed by atoms with Gasteiger partial charge in [0.25, 0.3) is 0 Å². The first-order chi connectivity index (χ1) is 10.3. The summed E-state index contributed by atoms with van der Waals surface area (Å²) >= 11 is 0. The second-order valence-electron chi connectivity index (χ2n) is 5.26. The summed E-state index contributed by atoms with van der Waals surface area (Å²) in [6, 6.07) is 12.7. The molecular formula is C18H26N2O. The number of furan rings is 1. The second-order valence-corrected chi connectivity index (χ2v) is 5.26. The highest BCUT2D eigenvalue weighted by Crippen LogP contribution is 2.20. The van der Waals surface area contributed by atoms with Gasteiger partial charge in [0.1, 0.15) is 5.76 Å². The molecule has 1 aromatic carbocycles. The first-order valence-electron chi connectivity index (χ1n) is 7.91.